The zero-order valence-electron chi connectivity index (χ0n) is 18.1. The number of methoxy groups -OCH3 is 2. The first-order valence-corrected chi connectivity index (χ1v) is 11.6. The Hall–Kier alpha value is -3.64. The van der Waals surface area contributed by atoms with Gasteiger partial charge in [-0.1, -0.05) is 12.1 Å². The number of anilines is 2. The van der Waals surface area contributed by atoms with E-state index in [1.54, 1.807) is 36.4 Å². The van der Waals surface area contributed by atoms with Crippen molar-refractivity contribution < 1.29 is 32.5 Å². The van der Waals surface area contributed by atoms with Crippen molar-refractivity contribution in [2.75, 3.05) is 44.3 Å². The van der Waals surface area contributed by atoms with Gasteiger partial charge in [0.15, 0.2) is 32.8 Å². The zero-order chi connectivity index (χ0) is 24.0. The predicted octanol–water partition coefficient (Wildman–Crippen LogP) is 1.28. The molecule has 1 aromatic heterocycles. The molecule has 0 atom stereocenters. The van der Waals surface area contributed by atoms with Gasteiger partial charge in [0.2, 0.25) is 0 Å². The van der Waals surface area contributed by atoms with E-state index >= 15 is 0 Å². The second-order valence-electron chi connectivity index (χ2n) is 6.83. The standard InChI is InChI=1S/C21H24N4O7S/c1-30-13-11-16(19(17(12-13)31-2)32-8-10-33(28,29)9-7-26)25-21-18(20(22)27)23-14-5-3-4-6-15(14)24-21/h3-6,11-12,26H,7-10H2,1-2H3,(H2,22,27)(H,24,25). The molecular formula is C21H24N4O7S. The molecule has 0 fully saturated rings. The monoisotopic (exact) mass is 476 g/mol. The smallest absolute Gasteiger partial charge is 0.271 e. The van der Waals surface area contributed by atoms with Crippen LogP contribution in [0.25, 0.3) is 11.0 Å². The molecule has 0 unspecified atom stereocenters. The lowest BCUT2D eigenvalue weighted by Gasteiger charge is -2.18. The number of fused-ring (bicyclic) bond motifs is 1. The second-order valence-corrected chi connectivity index (χ2v) is 9.13. The Morgan fingerprint density at radius 1 is 1.09 bits per heavy atom. The van der Waals surface area contributed by atoms with E-state index in [2.05, 4.69) is 15.3 Å². The maximum absolute atomic E-state index is 12.0. The molecule has 0 aliphatic carbocycles. The Morgan fingerprint density at radius 3 is 2.39 bits per heavy atom. The molecule has 1 heterocycles. The minimum atomic E-state index is -3.49. The van der Waals surface area contributed by atoms with Gasteiger partial charge in [-0.25, -0.2) is 18.4 Å². The number of benzene rings is 2. The molecule has 0 bridgehead atoms. The fraction of sp³-hybridized carbons (Fsp3) is 0.286. The van der Waals surface area contributed by atoms with Crippen molar-refractivity contribution in [1.82, 2.24) is 9.97 Å². The number of hydrogen-bond donors (Lipinski definition) is 3. The Bertz CT molecular complexity index is 1260. The van der Waals surface area contributed by atoms with Gasteiger partial charge in [-0.3, -0.25) is 4.79 Å². The van der Waals surface area contributed by atoms with Crippen LogP contribution in [0.15, 0.2) is 36.4 Å². The molecule has 3 aromatic rings. The van der Waals surface area contributed by atoms with Crippen LogP contribution in [0.3, 0.4) is 0 Å². The number of primary amides is 1. The number of sulfone groups is 1. The van der Waals surface area contributed by atoms with Crippen molar-refractivity contribution in [3.8, 4) is 17.2 Å². The Kier molecular flexibility index (Phi) is 7.51. The number of nitrogens with zero attached hydrogens (tertiary/aromatic N) is 2. The molecule has 11 nitrogen and oxygen atoms in total. The largest absolute Gasteiger partial charge is 0.497 e. The van der Waals surface area contributed by atoms with E-state index in [9.17, 15) is 13.2 Å². The molecule has 0 saturated carbocycles. The van der Waals surface area contributed by atoms with E-state index in [-0.39, 0.29) is 46.8 Å². The van der Waals surface area contributed by atoms with Crippen LogP contribution in [0.1, 0.15) is 10.5 Å². The highest BCUT2D eigenvalue weighted by molar-refractivity contribution is 7.91. The van der Waals surface area contributed by atoms with Crippen molar-refractivity contribution in [3.05, 3.63) is 42.1 Å². The summed E-state index contributed by atoms with van der Waals surface area (Å²) < 4.78 is 40.3. The molecule has 0 aliphatic rings. The summed E-state index contributed by atoms with van der Waals surface area (Å²) in [4.78, 5) is 20.8. The van der Waals surface area contributed by atoms with Gasteiger partial charge in [-0.2, -0.15) is 0 Å². The van der Waals surface area contributed by atoms with Gasteiger partial charge in [0.1, 0.15) is 12.4 Å². The van der Waals surface area contributed by atoms with E-state index < -0.39 is 22.4 Å². The van der Waals surface area contributed by atoms with Crippen molar-refractivity contribution in [3.63, 3.8) is 0 Å². The predicted molar refractivity (Wildman–Crippen MR) is 122 cm³/mol. The van der Waals surface area contributed by atoms with Crippen molar-refractivity contribution in [2.45, 2.75) is 0 Å². The maximum atomic E-state index is 12.0. The summed E-state index contributed by atoms with van der Waals surface area (Å²) in [5.74, 6) is -0.560. The minimum absolute atomic E-state index is 0.0780. The number of aliphatic hydroxyl groups is 1. The number of amides is 1. The molecule has 1 amide bonds. The molecule has 2 aromatic carbocycles. The van der Waals surface area contributed by atoms with Crippen molar-refractivity contribution >= 4 is 38.3 Å². The number of nitrogens with two attached hydrogens (primary N) is 1. The van der Waals surface area contributed by atoms with E-state index in [1.807, 2.05) is 0 Å². The van der Waals surface area contributed by atoms with Crippen LogP contribution in [0.4, 0.5) is 11.5 Å². The van der Waals surface area contributed by atoms with Gasteiger partial charge < -0.3 is 30.4 Å². The SMILES string of the molecule is COc1cc(Nc2nc3ccccc3nc2C(N)=O)c(OCCS(=O)(=O)CCO)c(OC)c1. The van der Waals surface area contributed by atoms with Crippen molar-refractivity contribution in [1.29, 1.82) is 0 Å². The molecule has 12 heteroatoms. The van der Waals surface area contributed by atoms with Crippen LogP contribution < -0.4 is 25.3 Å². The second kappa shape index (κ2) is 10.3. The number of carbonyl (C=O) groups is 1. The van der Waals surface area contributed by atoms with Gasteiger partial charge in [0.05, 0.1) is 49.1 Å². The number of aromatic nitrogens is 2. The zero-order valence-corrected chi connectivity index (χ0v) is 18.9. The van der Waals surface area contributed by atoms with Gasteiger partial charge in [-0.15, -0.1) is 0 Å². The van der Waals surface area contributed by atoms with Crippen molar-refractivity contribution in [2.24, 2.45) is 5.73 Å². The summed E-state index contributed by atoms with van der Waals surface area (Å²) in [5, 5.41) is 11.9. The van der Waals surface area contributed by atoms with E-state index in [0.29, 0.717) is 16.8 Å². The average Bonchev–Trinajstić information content (AvgIpc) is 2.78. The van der Waals surface area contributed by atoms with Crippen LogP contribution in [0, 0.1) is 0 Å². The van der Waals surface area contributed by atoms with E-state index in [4.69, 9.17) is 25.1 Å². The first-order chi connectivity index (χ1) is 15.8. The first kappa shape index (κ1) is 24.0. The lowest BCUT2D eigenvalue weighted by molar-refractivity contribution is 0.0996. The summed E-state index contributed by atoms with van der Waals surface area (Å²) in [7, 11) is -0.614. The summed E-state index contributed by atoms with van der Waals surface area (Å²) in [5.41, 5.74) is 6.73. The lowest BCUT2D eigenvalue weighted by atomic mass is 10.2. The average molecular weight is 477 g/mol. The number of hydrogen-bond acceptors (Lipinski definition) is 10. The third-order valence-corrected chi connectivity index (χ3v) is 6.18. The number of carbonyl (C=O) groups excluding carboxylic acids is 1. The van der Waals surface area contributed by atoms with Crippen LogP contribution in [-0.4, -0.2) is 68.3 Å². The van der Waals surface area contributed by atoms with Crippen LogP contribution in [0.5, 0.6) is 17.2 Å². The normalized spacial score (nSPS) is 11.2. The number of para-hydroxylation sites is 2. The minimum Gasteiger partial charge on any atom is -0.497 e. The summed E-state index contributed by atoms with van der Waals surface area (Å²) in [6, 6.07) is 10.1. The Balaban J connectivity index is 2.03. The number of rotatable bonds is 11. The number of nitrogens with one attached hydrogen (secondary N) is 1. The van der Waals surface area contributed by atoms with Crippen LogP contribution >= 0.6 is 0 Å². The molecule has 176 valence electrons. The summed E-state index contributed by atoms with van der Waals surface area (Å²) >= 11 is 0. The summed E-state index contributed by atoms with van der Waals surface area (Å²) in [6.45, 7) is -0.677. The van der Waals surface area contributed by atoms with Gasteiger partial charge >= 0.3 is 0 Å². The molecular weight excluding hydrogens is 452 g/mol. The topological polar surface area (TPSA) is 163 Å². The van der Waals surface area contributed by atoms with Gasteiger partial charge in [0, 0.05) is 12.1 Å². The molecule has 0 aliphatic heterocycles. The lowest BCUT2D eigenvalue weighted by Crippen LogP contribution is -2.19. The van der Waals surface area contributed by atoms with E-state index in [1.165, 1.54) is 14.2 Å². The fourth-order valence-electron chi connectivity index (χ4n) is 2.99. The fourth-order valence-corrected chi connectivity index (χ4v) is 3.81. The quantitative estimate of drug-likeness (QED) is 0.367. The summed E-state index contributed by atoms with van der Waals surface area (Å²) in [6.07, 6.45) is 0. The third kappa shape index (κ3) is 5.79. The third-order valence-electron chi connectivity index (χ3n) is 4.58. The number of aliphatic hydroxyl groups excluding tert-OH is 1. The molecule has 0 radical (unpaired) electrons. The van der Waals surface area contributed by atoms with Gasteiger partial charge in [0.25, 0.3) is 5.91 Å². The highest BCUT2D eigenvalue weighted by atomic mass is 32.2. The molecule has 4 N–H and O–H groups in total. The highest BCUT2D eigenvalue weighted by Gasteiger charge is 2.20. The maximum Gasteiger partial charge on any atom is 0.271 e. The number of ether oxygens (including phenoxy) is 3. The highest BCUT2D eigenvalue weighted by Crippen LogP contribution is 2.41. The molecule has 0 spiro atoms. The molecule has 3 rings (SSSR count). The Labute approximate surface area is 190 Å². The molecule has 0 saturated heterocycles. The van der Waals surface area contributed by atoms with Crippen LogP contribution in [0.2, 0.25) is 0 Å². The first-order valence-electron chi connectivity index (χ1n) is 9.81. The van der Waals surface area contributed by atoms with Crippen LogP contribution in [-0.2, 0) is 9.84 Å². The van der Waals surface area contributed by atoms with E-state index in [0.717, 1.165) is 0 Å². The van der Waals surface area contributed by atoms with Gasteiger partial charge in [-0.05, 0) is 12.1 Å². The molecule has 33 heavy (non-hydrogen) atoms. The Morgan fingerprint density at radius 2 is 1.79 bits per heavy atom.